The van der Waals surface area contributed by atoms with E-state index in [1.165, 1.54) is 0 Å². The summed E-state index contributed by atoms with van der Waals surface area (Å²) in [7, 11) is 0. The largest absolute Gasteiger partial charge is 0.378 e. The number of hydrogen-bond acceptors (Lipinski definition) is 4. The standard InChI is InChI=1S/C12H26N2O2/c1-3-15-11-5-7-14(8-6-11)10-12(9-13)16-4-2/h11-12H,3-10,13H2,1-2H3. The van der Waals surface area contributed by atoms with Crippen molar-refractivity contribution in [3.05, 3.63) is 0 Å². The maximum Gasteiger partial charge on any atom is 0.0823 e. The van der Waals surface area contributed by atoms with Crippen molar-refractivity contribution in [2.24, 2.45) is 5.73 Å². The van der Waals surface area contributed by atoms with Gasteiger partial charge in [-0.05, 0) is 26.7 Å². The summed E-state index contributed by atoms with van der Waals surface area (Å²) >= 11 is 0. The third-order valence-corrected chi connectivity index (χ3v) is 3.06. The highest BCUT2D eigenvalue weighted by Crippen LogP contribution is 2.14. The second-order valence-electron chi connectivity index (χ2n) is 4.27. The molecule has 0 aromatic rings. The highest BCUT2D eigenvalue weighted by Gasteiger charge is 2.21. The fourth-order valence-corrected chi connectivity index (χ4v) is 2.21. The van der Waals surface area contributed by atoms with Crippen LogP contribution in [0.3, 0.4) is 0 Å². The van der Waals surface area contributed by atoms with Crippen LogP contribution in [-0.2, 0) is 9.47 Å². The second-order valence-corrected chi connectivity index (χ2v) is 4.27. The predicted octanol–water partition coefficient (Wildman–Crippen LogP) is 0.851. The van der Waals surface area contributed by atoms with Crippen LogP contribution in [0.1, 0.15) is 26.7 Å². The molecule has 1 fully saturated rings. The van der Waals surface area contributed by atoms with Crippen molar-refractivity contribution in [2.45, 2.75) is 38.9 Å². The van der Waals surface area contributed by atoms with Gasteiger partial charge >= 0.3 is 0 Å². The Morgan fingerprint density at radius 3 is 2.44 bits per heavy atom. The number of nitrogens with zero attached hydrogens (tertiary/aromatic N) is 1. The molecule has 0 radical (unpaired) electrons. The maximum atomic E-state index is 5.67. The first kappa shape index (κ1) is 13.9. The lowest BCUT2D eigenvalue weighted by Crippen LogP contribution is -2.43. The molecule has 96 valence electrons. The molecule has 0 bridgehead atoms. The molecule has 4 nitrogen and oxygen atoms in total. The Labute approximate surface area is 99.1 Å². The van der Waals surface area contributed by atoms with E-state index < -0.39 is 0 Å². The highest BCUT2D eigenvalue weighted by atomic mass is 16.5. The molecule has 0 amide bonds. The van der Waals surface area contributed by atoms with E-state index in [9.17, 15) is 0 Å². The zero-order valence-corrected chi connectivity index (χ0v) is 10.7. The predicted molar refractivity (Wildman–Crippen MR) is 65.6 cm³/mol. The summed E-state index contributed by atoms with van der Waals surface area (Å²) in [5.41, 5.74) is 5.67. The molecule has 1 saturated heterocycles. The molecule has 1 rings (SSSR count). The average molecular weight is 230 g/mol. The molecule has 0 aromatic heterocycles. The third kappa shape index (κ3) is 4.78. The minimum absolute atomic E-state index is 0.189. The first-order valence-electron chi connectivity index (χ1n) is 6.45. The Bertz CT molecular complexity index is 170. The van der Waals surface area contributed by atoms with Crippen LogP contribution in [-0.4, -0.2) is 56.5 Å². The SMILES string of the molecule is CCOC1CCN(CC(CN)OCC)CC1. The molecule has 0 spiro atoms. The molecular weight excluding hydrogens is 204 g/mol. The van der Waals surface area contributed by atoms with Gasteiger partial charge in [-0.1, -0.05) is 0 Å². The molecule has 0 saturated carbocycles. The Kier molecular flexibility index (Phi) is 6.96. The van der Waals surface area contributed by atoms with Crippen LogP contribution in [0.4, 0.5) is 0 Å². The number of ether oxygens (including phenoxy) is 2. The molecule has 0 aromatic carbocycles. The summed E-state index contributed by atoms with van der Waals surface area (Å²) in [6.07, 6.45) is 2.92. The van der Waals surface area contributed by atoms with Crippen molar-refractivity contribution >= 4 is 0 Å². The van der Waals surface area contributed by atoms with E-state index in [0.717, 1.165) is 45.7 Å². The van der Waals surface area contributed by atoms with Crippen molar-refractivity contribution < 1.29 is 9.47 Å². The van der Waals surface area contributed by atoms with Gasteiger partial charge in [0.25, 0.3) is 0 Å². The van der Waals surface area contributed by atoms with Crippen LogP contribution < -0.4 is 5.73 Å². The summed E-state index contributed by atoms with van der Waals surface area (Å²) in [6.45, 7) is 9.44. The van der Waals surface area contributed by atoms with Crippen LogP contribution in [0.2, 0.25) is 0 Å². The van der Waals surface area contributed by atoms with E-state index in [1.807, 2.05) is 6.92 Å². The zero-order valence-electron chi connectivity index (χ0n) is 10.7. The van der Waals surface area contributed by atoms with Crippen LogP contribution >= 0.6 is 0 Å². The Balaban J connectivity index is 2.20. The van der Waals surface area contributed by atoms with Gasteiger partial charge in [-0.2, -0.15) is 0 Å². The van der Waals surface area contributed by atoms with Crippen LogP contribution in [0.15, 0.2) is 0 Å². The number of likely N-dealkylation sites (tertiary alicyclic amines) is 1. The van der Waals surface area contributed by atoms with Gasteiger partial charge in [-0.3, -0.25) is 0 Å². The number of piperidine rings is 1. The van der Waals surface area contributed by atoms with Crippen molar-refractivity contribution in [1.29, 1.82) is 0 Å². The van der Waals surface area contributed by atoms with E-state index in [-0.39, 0.29) is 6.10 Å². The van der Waals surface area contributed by atoms with Gasteiger partial charge in [0, 0.05) is 39.4 Å². The van der Waals surface area contributed by atoms with Gasteiger partial charge in [0.1, 0.15) is 0 Å². The van der Waals surface area contributed by atoms with Gasteiger partial charge < -0.3 is 20.1 Å². The minimum atomic E-state index is 0.189. The third-order valence-electron chi connectivity index (χ3n) is 3.06. The molecule has 0 aliphatic carbocycles. The molecule has 2 N–H and O–H groups in total. The molecule has 1 atom stereocenters. The molecular formula is C12H26N2O2. The molecule has 4 heteroatoms. The lowest BCUT2D eigenvalue weighted by molar-refractivity contribution is -0.00826. The lowest BCUT2D eigenvalue weighted by Gasteiger charge is -2.33. The number of hydrogen-bond donors (Lipinski definition) is 1. The Hall–Kier alpha value is -0.160. The lowest BCUT2D eigenvalue weighted by atomic mass is 10.1. The fraction of sp³-hybridized carbons (Fsp3) is 1.00. The zero-order chi connectivity index (χ0) is 11.8. The molecule has 1 aliphatic rings. The monoisotopic (exact) mass is 230 g/mol. The summed E-state index contributed by atoms with van der Waals surface area (Å²) in [5, 5.41) is 0. The van der Waals surface area contributed by atoms with Crippen molar-refractivity contribution in [3.63, 3.8) is 0 Å². The van der Waals surface area contributed by atoms with Crippen LogP contribution in [0.25, 0.3) is 0 Å². The van der Waals surface area contributed by atoms with Crippen molar-refractivity contribution in [1.82, 2.24) is 4.90 Å². The summed E-state index contributed by atoms with van der Waals surface area (Å²) in [4.78, 5) is 2.43. The van der Waals surface area contributed by atoms with Gasteiger partial charge in [0.2, 0.25) is 0 Å². The van der Waals surface area contributed by atoms with Crippen molar-refractivity contribution in [3.8, 4) is 0 Å². The number of nitrogens with two attached hydrogens (primary N) is 1. The summed E-state index contributed by atoms with van der Waals surface area (Å²) in [6, 6.07) is 0. The fourth-order valence-electron chi connectivity index (χ4n) is 2.21. The Morgan fingerprint density at radius 2 is 1.94 bits per heavy atom. The first-order chi connectivity index (χ1) is 7.80. The minimum Gasteiger partial charge on any atom is -0.378 e. The average Bonchev–Trinajstić information content (AvgIpc) is 2.31. The first-order valence-corrected chi connectivity index (χ1v) is 6.45. The molecule has 1 unspecified atom stereocenters. The topological polar surface area (TPSA) is 47.7 Å². The van der Waals surface area contributed by atoms with Gasteiger partial charge in [-0.25, -0.2) is 0 Å². The Morgan fingerprint density at radius 1 is 1.25 bits per heavy atom. The van der Waals surface area contributed by atoms with Gasteiger partial charge in [-0.15, -0.1) is 0 Å². The summed E-state index contributed by atoms with van der Waals surface area (Å²) < 4.78 is 11.2. The quantitative estimate of drug-likeness (QED) is 0.704. The van der Waals surface area contributed by atoms with Crippen LogP contribution in [0.5, 0.6) is 0 Å². The number of rotatable bonds is 7. The van der Waals surface area contributed by atoms with E-state index in [0.29, 0.717) is 12.6 Å². The summed E-state index contributed by atoms with van der Waals surface area (Å²) in [5.74, 6) is 0. The van der Waals surface area contributed by atoms with Gasteiger partial charge in [0.15, 0.2) is 0 Å². The van der Waals surface area contributed by atoms with E-state index in [1.54, 1.807) is 0 Å². The van der Waals surface area contributed by atoms with E-state index >= 15 is 0 Å². The second kappa shape index (κ2) is 8.01. The normalized spacial score (nSPS) is 21.2. The van der Waals surface area contributed by atoms with Gasteiger partial charge in [0.05, 0.1) is 12.2 Å². The highest BCUT2D eigenvalue weighted by molar-refractivity contribution is 4.75. The molecule has 16 heavy (non-hydrogen) atoms. The van der Waals surface area contributed by atoms with E-state index in [2.05, 4.69) is 11.8 Å². The van der Waals surface area contributed by atoms with Crippen LogP contribution in [0, 0.1) is 0 Å². The van der Waals surface area contributed by atoms with Crippen molar-refractivity contribution in [2.75, 3.05) is 39.4 Å². The smallest absolute Gasteiger partial charge is 0.0823 e. The molecule has 1 aliphatic heterocycles. The maximum absolute atomic E-state index is 5.67. The molecule has 1 heterocycles. The van der Waals surface area contributed by atoms with E-state index in [4.69, 9.17) is 15.2 Å².